The summed E-state index contributed by atoms with van der Waals surface area (Å²) < 4.78 is 8.12. The van der Waals surface area contributed by atoms with Crippen LogP contribution in [-0.4, -0.2) is 43.0 Å². The number of anilines is 1. The molecule has 0 saturated carbocycles. The van der Waals surface area contributed by atoms with Crippen LogP contribution in [0.3, 0.4) is 0 Å². The van der Waals surface area contributed by atoms with Gasteiger partial charge in [0.15, 0.2) is 10.1 Å². The molecule has 1 aliphatic rings. The predicted octanol–water partition coefficient (Wildman–Crippen LogP) is 6.20. The number of ketones is 1. The number of hydrogen-bond acceptors (Lipinski definition) is 9. The predicted molar refractivity (Wildman–Crippen MR) is 163 cm³/mol. The second-order valence-electron chi connectivity index (χ2n) is 9.69. The Morgan fingerprint density at radius 2 is 1.79 bits per heavy atom. The van der Waals surface area contributed by atoms with Crippen LogP contribution < -0.4 is 9.64 Å². The van der Waals surface area contributed by atoms with Crippen molar-refractivity contribution in [2.75, 3.05) is 11.5 Å². The van der Waals surface area contributed by atoms with Gasteiger partial charge >= 0.3 is 5.91 Å². The van der Waals surface area contributed by atoms with E-state index in [-0.39, 0.29) is 16.5 Å². The molecule has 9 nitrogen and oxygen atoms in total. The number of carbonyl (C=O) groups is 2. The van der Waals surface area contributed by atoms with Crippen molar-refractivity contribution in [3.8, 4) is 5.75 Å². The minimum atomic E-state index is -0.932. The molecule has 1 atom stereocenters. The first kappa shape index (κ1) is 27.7. The SMILES string of the molecule is CCCOc1ccc(C2/C(=C(\O)c3c(C)nc4ccccn34)C(=O)C(=O)N2c2nnc(SCc3ccccc3)s2)cc1. The number of aliphatic hydroxyl groups is 1. The number of thioether (sulfide) groups is 1. The fourth-order valence-electron chi connectivity index (χ4n) is 4.92. The van der Waals surface area contributed by atoms with Gasteiger partial charge in [0.25, 0.3) is 5.78 Å². The number of carbonyl (C=O) groups excluding carboxylic acids is 2. The highest BCUT2D eigenvalue weighted by molar-refractivity contribution is 8.00. The topological polar surface area (TPSA) is 110 Å². The van der Waals surface area contributed by atoms with Gasteiger partial charge in [0.05, 0.1) is 23.9 Å². The number of pyridine rings is 1. The summed E-state index contributed by atoms with van der Waals surface area (Å²) in [6.07, 6.45) is 2.62. The number of rotatable bonds is 9. The molecule has 0 bridgehead atoms. The zero-order chi connectivity index (χ0) is 29.2. The summed E-state index contributed by atoms with van der Waals surface area (Å²) in [6.45, 7) is 4.35. The number of aryl methyl sites for hydroxylation is 1. The van der Waals surface area contributed by atoms with Crippen LogP contribution in [0, 0.1) is 6.92 Å². The highest BCUT2D eigenvalue weighted by Gasteiger charge is 2.49. The van der Waals surface area contributed by atoms with Crippen LogP contribution in [0.2, 0.25) is 0 Å². The van der Waals surface area contributed by atoms with Gasteiger partial charge in [-0.05, 0) is 48.7 Å². The Hall–Kier alpha value is -4.48. The normalized spacial score (nSPS) is 16.4. The lowest BCUT2D eigenvalue weighted by Gasteiger charge is -2.22. The zero-order valence-corrected chi connectivity index (χ0v) is 24.6. The van der Waals surface area contributed by atoms with Crippen molar-refractivity contribution in [2.45, 2.75) is 36.4 Å². The summed E-state index contributed by atoms with van der Waals surface area (Å²) >= 11 is 2.73. The van der Waals surface area contributed by atoms with Crippen LogP contribution in [0.5, 0.6) is 5.75 Å². The van der Waals surface area contributed by atoms with Crippen LogP contribution in [0.1, 0.15) is 41.9 Å². The first-order chi connectivity index (χ1) is 20.5. The highest BCUT2D eigenvalue weighted by Crippen LogP contribution is 2.44. The summed E-state index contributed by atoms with van der Waals surface area (Å²) in [5.41, 5.74) is 3.22. The molecular formula is C31H27N5O4S2. The maximum Gasteiger partial charge on any atom is 0.301 e. The minimum absolute atomic E-state index is 0.0373. The summed E-state index contributed by atoms with van der Waals surface area (Å²) in [4.78, 5) is 33.2. The third-order valence-corrected chi connectivity index (χ3v) is 8.98. The fraction of sp³-hybridized carbons (Fsp3) is 0.194. The molecule has 1 saturated heterocycles. The molecule has 4 heterocycles. The van der Waals surface area contributed by atoms with Gasteiger partial charge in [0.2, 0.25) is 5.13 Å². The van der Waals surface area contributed by atoms with E-state index in [0.717, 1.165) is 12.0 Å². The van der Waals surface area contributed by atoms with Crippen molar-refractivity contribution in [1.82, 2.24) is 19.6 Å². The Morgan fingerprint density at radius 1 is 1.02 bits per heavy atom. The van der Waals surface area contributed by atoms with Gasteiger partial charge in [-0.1, -0.05) is 78.6 Å². The average Bonchev–Trinajstić information content (AvgIpc) is 3.69. The molecule has 1 amide bonds. The number of ether oxygens (including phenoxy) is 1. The molecule has 1 N–H and O–H groups in total. The lowest BCUT2D eigenvalue weighted by molar-refractivity contribution is -0.132. The molecule has 1 unspecified atom stereocenters. The van der Waals surface area contributed by atoms with Gasteiger partial charge in [-0.15, -0.1) is 10.2 Å². The molecule has 5 aromatic rings. The summed E-state index contributed by atoms with van der Waals surface area (Å²) in [5.74, 6) is -0.528. The van der Waals surface area contributed by atoms with Crippen LogP contribution in [0.25, 0.3) is 11.4 Å². The number of amides is 1. The molecule has 6 rings (SSSR count). The van der Waals surface area contributed by atoms with Crippen LogP contribution in [-0.2, 0) is 15.3 Å². The van der Waals surface area contributed by atoms with Gasteiger partial charge in [-0.3, -0.25) is 18.9 Å². The van der Waals surface area contributed by atoms with E-state index < -0.39 is 17.7 Å². The largest absolute Gasteiger partial charge is 0.505 e. The number of aromatic nitrogens is 4. The second kappa shape index (κ2) is 11.8. The minimum Gasteiger partial charge on any atom is -0.505 e. The van der Waals surface area contributed by atoms with Crippen LogP contribution in [0.4, 0.5) is 5.13 Å². The van der Waals surface area contributed by atoms with Crippen molar-refractivity contribution in [2.24, 2.45) is 0 Å². The first-order valence-corrected chi connectivity index (χ1v) is 15.2. The van der Waals surface area contributed by atoms with Crippen molar-refractivity contribution in [1.29, 1.82) is 0 Å². The standard InChI is InChI=1S/C31H27N5O4S2/c1-3-17-40-22-14-12-21(13-15-22)26-24(27(37)25-19(2)32-23-11-7-8-16-35(23)25)28(38)29(39)36(26)30-33-34-31(42-30)41-18-20-9-5-4-6-10-20/h4-16,26,37H,3,17-18H2,1-2H3/b27-24+. The first-order valence-electron chi connectivity index (χ1n) is 13.4. The Bertz CT molecular complexity index is 1800. The number of Topliss-reactive ketones (excluding diaryl/α,β-unsaturated/α-hetero) is 1. The van der Waals surface area contributed by atoms with Crippen molar-refractivity contribution in [3.05, 3.63) is 107 Å². The van der Waals surface area contributed by atoms with Gasteiger partial charge < -0.3 is 9.84 Å². The number of imidazole rings is 1. The molecule has 2 aromatic carbocycles. The Kier molecular flexibility index (Phi) is 7.77. The quantitative estimate of drug-likeness (QED) is 0.0703. The maximum atomic E-state index is 13.7. The lowest BCUT2D eigenvalue weighted by Crippen LogP contribution is -2.29. The van der Waals surface area contributed by atoms with E-state index in [9.17, 15) is 14.7 Å². The zero-order valence-electron chi connectivity index (χ0n) is 22.9. The van der Waals surface area contributed by atoms with E-state index in [1.807, 2.05) is 55.5 Å². The number of fused-ring (bicyclic) bond motifs is 1. The average molecular weight is 598 g/mol. The molecule has 11 heteroatoms. The molecule has 1 aliphatic heterocycles. The number of benzene rings is 2. The van der Waals surface area contributed by atoms with Crippen LogP contribution >= 0.6 is 23.1 Å². The number of hydrogen-bond donors (Lipinski definition) is 1. The van der Waals surface area contributed by atoms with Gasteiger partial charge in [-0.2, -0.15) is 0 Å². The molecule has 0 radical (unpaired) electrons. The summed E-state index contributed by atoms with van der Waals surface area (Å²) in [7, 11) is 0. The van der Waals surface area contributed by atoms with Gasteiger partial charge in [0, 0.05) is 11.9 Å². The second-order valence-corrected chi connectivity index (χ2v) is 11.9. The Labute approximate surface area is 250 Å². The monoisotopic (exact) mass is 597 g/mol. The number of nitrogens with zero attached hydrogens (tertiary/aromatic N) is 5. The van der Waals surface area contributed by atoms with E-state index in [1.54, 1.807) is 41.8 Å². The third kappa shape index (κ3) is 5.17. The molecule has 1 fully saturated rings. The van der Waals surface area contributed by atoms with E-state index in [2.05, 4.69) is 15.2 Å². The van der Waals surface area contributed by atoms with Gasteiger partial charge in [0.1, 0.15) is 17.1 Å². The van der Waals surface area contributed by atoms with Gasteiger partial charge in [-0.25, -0.2) is 4.98 Å². The summed E-state index contributed by atoms with van der Waals surface area (Å²) in [5, 5.41) is 20.6. The van der Waals surface area contributed by atoms with Crippen LogP contribution in [0.15, 0.2) is 88.9 Å². The third-order valence-electron chi connectivity index (χ3n) is 6.85. The van der Waals surface area contributed by atoms with E-state index >= 15 is 0 Å². The van der Waals surface area contributed by atoms with E-state index in [0.29, 0.717) is 45.0 Å². The maximum absolute atomic E-state index is 13.7. The molecule has 0 aliphatic carbocycles. The molecular weight excluding hydrogens is 571 g/mol. The smallest absolute Gasteiger partial charge is 0.301 e. The van der Waals surface area contributed by atoms with E-state index in [4.69, 9.17) is 4.74 Å². The van der Waals surface area contributed by atoms with Crippen molar-refractivity contribution in [3.63, 3.8) is 0 Å². The number of aliphatic hydroxyl groups excluding tert-OH is 1. The van der Waals surface area contributed by atoms with E-state index in [1.165, 1.54) is 28.0 Å². The highest BCUT2D eigenvalue weighted by atomic mass is 32.2. The molecule has 42 heavy (non-hydrogen) atoms. The molecule has 0 spiro atoms. The summed E-state index contributed by atoms with van der Waals surface area (Å²) in [6, 6.07) is 21.7. The van der Waals surface area contributed by atoms with Crippen molar-refractivity contribution >= 4 is 51.3 Å². The lowest BCUT2D eigenvalue weighted by atomic mass is 9.96. The Balaban J connectivity index is 1.43. The van der Waals surface area contributed by atoms with Crippen molar-refractivity contribution < 1.29 is 19.4 Å². The fourth-order valence-corrected chi connectivity index (χ4v) is 6.74. The Morgan fingerprint density at radius 3 is 2.55 bits per heavy atom. The molecule has 212 valence electrons. The molecule has 3 aromatic heterocycles.